The second-order valence-electron chi connectivity index (χ2n) is 7.15. The number of hydrogen-bond acceptors (Lipinski definition) is 5. The van der Waals surface area contributed by atoms with Gasteiger partial charge in [0, 0.05) is 11.9 Å². The minimum absolute atomic E-state index is 0.0780. The third-order valence-electron chi connectivity index (χ3n) is 4.93. The molecule has 1 amide bonds. The van der Waals surface area contributed by atoms with Crippen LogP contribution >= 0.6 is 11.6 Å². The van der Waals surface area contributed by atoms with Crippen LogP contribution in [0.2, 0.25) is 5.02 Å². The molecule has 0 saturated heterocycles. The lowest BCUT2D eigenvalue weighted by Crippen LogP contribution is -2.14. The fourth-order valence-corrected chi connectivity index (χ4v) is 3.62. The normalized spacial score (nSPS) is 11.6. The van der Waals surface area contributed by atoms with Gasteiger partial charge in [0.25, 0.3) is 5.91 Å². The Balaban J connectivity index is 1.60. The van der Waals surface area contributed by atoms with E-state index in [4.69, 9.17) is 16.3 Å². The fourth-order valence-electron chi connectivity index (χ4n) is 3.26. The van der Waals surface area contributed by atoms with Crippen molar-refractivity contribution in [3.05, 3.63) is 76.3 Å². The van der Waals surface area contributed by atoms with Crippen LogP contribution in [0, 0.1) is 6.92 Å². The zero-order chi connectivity index (χ0) is 23.8. The summed E-state index contributed by atoms with van der Waals surface area (Å²) in [6.07, 6.45) is -1.55. The van der Waals surface area contributed by atoms with Gasteiger partial charge in [0.05, 0.1) is 52.8 Å². The number of aryl methyl sites for hydroxylation is 1. The van der Waals surface area contributed by atoms with Crippen molar-refractivity contribution < 1.29 is 22.7 Å². The van der Waals surface area contributed by atoms with Gasteiger partial charge in [-0.25, -0.2) is 9.67 Å². The van der Waals surface area contributed by atoms with Gasteiger partial charge in [-0.2, -0.15) is 18.3 Å². The SMILES string of the molecule is COc1ccc(Cn2nc(C)c3c(Cl)c(C(=O)Nc4ccc(C(F)(F)F)cc4)cnc32)nc1. The number of nitrogens with one attached hydrogen (secondary N) is 1. The quantitative estimate of drug-likeness (QED) is 0.433. The molecule has 0 saturated carbocycles. The number of amides is 1. The molecule has 3 heterocycles. The van der Waals surface area contributed by atoms with E-state index in [1.807, 2.05) is 0 Å². The summed E-state index contributed by atoms with van der Waals surface area (Å²) in [5, 5.41) is 7.66. The van der Waals surface area contributed by atoms with E-state index in [9.17, 15) is 18.0 Å². The monoisotopic (exact) mass is 475 g/mol. The maximum atomic E-state index is 12.7. The Bertz CT molecular complexity index is 1320. The van der Waals surface area contributed by atoms with Crippen molar-refractivity contribution in [3.8, 4) is 5.75 Å². The highest BCUT2D eigenvalue weighted by atomic mass is 35.5. The Kier molecular flexibility index (Phi) is 5.94. The number of alkyl halides is 3. The first-order valence-corrected chi connectivity index (χ1v) is 10.0. The lowest BCUT2D eigenvalue weighted by atomic mass is 10.1. The van der Waals surface area contributed by atoms with E-state index in [-0.39, 0.29) is 16.3 Å². The van der Waals surface area contributed by atoms with E-state index in [0.29, 0.717) is 29.0 Å². The molecule has 0 unspecified atom stereocenters. The molecular formula is C22H17ClF3N5O2. The van der Waals surface area contributed by atoms with Crippen LogP contribution in [-0.2, 0) is 12.7 Å². The molecule has 1 N–H and O–H groups in total. The predicted molar refractivity (Wildman–Crippen MR) is 117 cm³/mol. The number of pyridine rings is 2. The molecule has 0 aliphatic rings. The van der Waals surface area contributed by atoms with Gasteiger partial charge in [0.1, 0.15) is 5.75 Å². The standard InChI is InChI=1S/C22H17ClF3N5O2/c1-12-18-19(23)17(21(32)29-14-5-3-13(4-6-14)22(24,25)26)10-28-20(18)31(30-12)11-15-7-8-16(33-2)9-27-15/h3-10H,11H2,1-2H3,(H,29,32). The third-order valence-corrected chi connectivity index (χ3v) is 5.32. The lowest BCUT2D eigenvalue weighted by Gasteiger charge is -2.10. The van der Waals surface area contributed by atoms with Crippen molar-refractivity contribution in [3.63, 3.8) is 0 Å². The van der Waals surface area contributed by atoms with Crippen LogP contribution < -0.4 is 10.1 Å². The van der Waals surface area contributed by atoms with Crippen molar-refractivity contribution in [1.29, 1.82) is 0 Å². The Morgan fingerprint density at radius 2 is 1.85 bits per heavy atom. The number of rotatable bonds is 5. The zero-order valence-corrected chi connectivity index (χ0v) is 18.2. The van der Waals surface area contributed by atoms with Crippen molar-refractivity contribution in [2.75, 3.05) is 12.4 Å². The van der Waals surface area contributed by atoms with Crippen LogP contribution in [0.25, 0.3) is 11.0 Å². The number of benzene rings is 1. The van der Waals surface area contributed by atoms with Gasteiger partial charge in [-0.05, 0) is 43.3 Å². The van der Waals surface area contributed by atoms with Crippen LogP contribution in [0.15, 0.2) is 48.8 Å². The second-order valence-corrected chi connectivity index (χ2v) is 7.52. The van der Waals surface area contributed by atoms with Gasteiger partial charge in [0.15, 0.2) is 5.65 Å². The number of nitrogens with zero attached hydrogens (tertiary/aromatic N) is 4. The number of aromatic nitrogens is 4. The first kappa shape index (κ1) is 22.5. The molecule has 4 rings (SSSR count). The number of halogens is 4. The summed E-state index contributed by atoms with van der Waals surface area (Å²) in [6, 6.07) is 7.71. The number of methoxy groups -OCH3 is 1. The molecule has 0 aliphatic heterocycles. The molecule has 0 aliphatic carbocycles. The average molecular weight is 476 g/mol. The highest BCUT2D eigenvalue weighted by Gasteiger charge is 2.30. The largest absolute Gasteiger partial charge is 0.495 e. The number of carbonyl (C=O) groups excluding carboxylic acids is 1. The van der Waals surface area contributed by atoms with E-state index < -0.39 is 17.6 Å². The Hall–Kier alpha value is -3.66. The van der Waals surface area contributed by atoms with Crippen LogP contribution in [0.3, 0.4) is 0 Å². The smallest absolute Gasteiger partial charge is 0.416 e. The first-order valence-electron chi connectivity index (χ1n) is 9.66. The maximum Gasteiger partial charge on any atom is 0.416 e. The van der Waals surface area contributed by atoms with Gasteiger partial charge in [-0.3, -0.25) is 9.78 Å². The summed E-state index contributed by atoms with van der Waals surface area (Å²) in [7, 11) is 1.55. The summed E-state index contributed by atoms with van der Waals surface area (Å²) < 4.78 is 44.9. The summed E-state index contributed by atoms with van der Waals surface area (Å²) in [4.78, 5) is 21.4. The Labute approximate surface area is 191 Å². The number of ether oxygens (including phenoxy) is 1. The van der Waals surface area contributed by atoms with Crippen LogP contribution in [0.4, 0.5) is 18.9 Å². The van der Waals surface area contributed by atoms with Crippen LogP contribution in [0.1, 0.15) is 27.3 Å². The molecule has 0 radical (unpaired) electrons. The molecular weight excluding hydrogens is 459 g/mol. The summed E-state index contributed by atoms with van der Waals surface area (Å²) in [5.41, 5.74) is 1.23. The number of hydrogen-bond donors (Lipinski definition) is 1. The number of fused-ring (bicyclic) bond motifs is 1. The molecule has 11 heteroatoms. The second kappa shape index (κ2) is 8.70. The van der Waals surface area contributed by atoms with Gasteiger partial charge in [-0.1, -0.05) is 11.6 Å². The van der Waals surface area contributed by atoms with Crippen LogP contribution in [0.5, 0.6) is 5.75 Å². The van der Waals surface area contributed by atoms with E-state index >= 15 is 0 Å². The van der Waals surface area contributed by atoms with Gasteiger partial charge >= 0.3 is 6.18 Å². The maximum absolute atomic E-state index is 12.7. The summed E-state index contributed by atoms with van der Waals surface area (Å²) in [6.45, 7) is 2.07. The predicted octanol–water partition coefficient (Wildman–Crippen LogP) is 5.12. The van der Waals surface area contributed by atoms with Gasteiger partial charge in [0.2, 0.25) is 0 Å². The van der Waals surface area contributed by atoms with E-state index in [2.05, 4.69) is 20.4 Å². The zero-order valence-electron chi connectivity index (χ0n) is 17.4. The Morgan fingerprint density at radius 3 is 2.45 bits per heavy atom. The van der Waals surface area contributed by atoms with Crippen molar-refractivity contribution in [1.82, 2.24) is 19.7 Å². The minimum atomic E-state index is -4.46. The fraction of sp³-hybridized carbons (Fsp3) is 0.182. The van der Waals surface area contributed by atoms with Crippen molar-refractivity contribution in [2.24, 2.45) is 0 Å². The molecule has 33 heavy (non-hydrogen) atoms. The van der Waals surface area contributed by atoms with Crippen molar-refractivity contribution >= 4 is 34.2 Å². The molecule has 7 nitrogen and oxygen atoms in total. The molecule has 0 spiro atoms. The molecule has 0 fully saturated rings. The van der Waals surface area contributed by atoms with Crippen LogP contribution in [-0.4, -0.2) is 32.8 Å². The van der Waals surface area contributed by atoms with Gasteiger partial charge < -0.3 is 10.1 Å². The summed E-state index contributed by atoms with van der Waals surface area (Å²) >= 11 is 6.51. The lowest BCUT2D eigenvalue weighted by molar-refractivity contribution is -0.137. The average Bonchev–Trinajstić information content (AvgIpc) is 3.10. The Morgan fingerprint density at radius 1 is 1.12 bits per heavy atom. The van der Waals surface area contributed by atoms with Gasteiger partial charge in [-0.15, -0.1) is 0 Å². The van der Waals surface area contributed by atoms with Crippen molar-refractivity contribution in [2.45, 2.75) is 19.6 Å². The highest BCUT2D eigenvalue weighted by Crippen LogP contribution is 2.31. The minimum Gasteiger partial charge on any atom is -0.495 e. The molecule has 0 atom stereocenters. The van der Waals surface area contributed by atoms with E-state index in [1.54, 1.807) is 37.0 Å². The number of carbonyl (C=O) groups is 1. The summed E-state index contributed by atoms with van der Waals surface area (Å²) in [5.74, 6) is 0.0308. The molecule has 170 valence electrons. The number of anilines is 1. The van der Waals surface area contributed by atoms with E-state index in [0.717, 1.165) is 17.8 Å². The molecule has 4 aromatic rings. The topological polar surface area (TPSA) is 81.9 Å². The molecule has 3 aromatic heterocycles. The first-order chi connectivity index (χ1) is 15.7. The molecule has 1 aromatic carbocycles. The van der Waals surface area contributed by atoms with E-state index in [1.165, 1.54) is 18.3 Å². The third kappa shape index (κ3) is 4.61. The molecule has 0 bridgehead atoms. The highest BCUT2D eigenvalue weighted by molar-refractivity contribution is 6.39.